The number of anilines is 1. The number of sulfone groups is 1. The first kappa shape index (κ1) is 16.5. The third-order valence-electron chi connectivity index (χ3n) is 3.28. The summed E-state index contributed by atoms with van der Waals surface area (Å²) in [6.45, 7) is 1.86. The molecule has 0 spiro atoms. The molecule has 24 heavy (non-hydrogen) atoms. The largest absolute Gasteiger partial charge is 0.467 e. The third-order valence-corrected chi connectivity index (χ3v) is 6.48. The average molecular weight is 365 g/mol. The lowest BCUT2D eigenvalue weighted by Gasteiger charge is -2.06. The lowest BCUT2D eigenvalue weighted by Crippen LogP contribution is -2.27. The van der Waals surface area contributed by atoms with E-state index in [1.165, 1.54) is 6.26 Å². The van der Waals surface area contributed by atoms with Gasteiger partial charge in [-0.3, -0.25) is 0 Å². The van der Waals surface area contributed by atoms with Crippen molar-refractivity contribution in [1.29, 1.82) is 0 Å². The van der Waals surface area contributed by atoms with Gasteiger partial charge in [-0.2, -0.15) is 0 Å². The van der Waals surface area contributed by atoms with Gasteiger partial charge in [0.2, 0.25) is 14.2 Å². The average Bonchev–Trinajstić information content (AvgIpc) is 3.22. The number of urea groups is 1. The topological polar surface area (TPSA) is 101 Å². The standard InChI is InChI=1S/C15H15N3O4S2/c1-2-24(20,21)15-18-12-6-5-10(8-13(12)23-15)17-14(19)16-9-11-4-3-7-22-11/h3-8H,2,9H2,1H3,(H2,16,17,19). The van der Waals surface area contributed by atoms with Gasteiger partial charge >= 0.3 is 6.03 Å². The van der Waals surface area contributed by atoms with Crippen molar-refractivity contribution in [3.05, 3.63) is 42.4 Å². The molecule has 3 rings (SSSR count). The van der Waals surface area contributed by atoms with Crippen LogP contribution in [0.15, 0.2) is 45.4 Å². The minimum atomic E-state index is -3.33. The molecule has 7 nitrogen and oxygen atoms in total. The van der Waals surface area contributed by atoms with Crippen LogP contribution < -0.4 is 10.6 Å². The molecule has 2 N–H and O–H groups in total. The summed E-state index contributed by atoms with van der Waals surface area (Å²) in [6.07, 6.45) is 1.54. The summed E-state index contributed by atoms with van der Waals surface area (Å²) in [5, 5.41) is 5.36. The van der Waals surface area contributed by atoms with Crippen LogP contribution >= 0.6 is 11.3 Å². The molecule has 0 aliphatic rings. The van der Waals surface area contributed by atoms with E-state index in [0.29, 0.717) is 21.7 Å². The summed E-state index contributed by atoms with van der Waals surface area (Å²) >= 11 is 1.10. The summed E-state index contributed by atoms with van der Waals surface area (Å²) in [5.74, 6) is 0.657. The second-order valence-electron chi connectivity index (χ2n) is 4.95. The monoisotopic (exact) mass is 365 g/mol. The predicted octanol–water partition coefficient (Wildman–Crippen LogP) is 3.00. The number of thiazole rings is 1. The van der Waals surface area contributed by atoms with E-state index in [2.05, 4.69) is 15.6 Å². The van der Waals surface area contributed by atoms with Crippen LogP contribution in [0, 0.1) is 0 Å². The van der Waals surface area contributed by atoms with E-state index >= 15 is 0 Å². The lowest BCUT2D eigenvalue weighted by atomic mass is 10.3. The van der Waals surface area contributed by atoms with Crippen LogP contribution in [-0.2, 0) is 16.4 Å². The highest BCUT2D eigenvalue weighted by Crippen LogP contribution is 2.28. The lowest BCUT2D eigenvalue weighted by molar-refractivity contribution is 0.251. The molecule has 0 unspecified atom stereocenters. The maximum absolute atomic E-state index is 11.9. The van der Waals surface area contributed by atoms with Crippen molar-refractivity contribution >= 4 is 43.1 Å². The van der Waals surface area contributed by atoms with E-state index in [1.807, 2.05) is 0 Å². The smallest absolute Gasteiger partial charge is 0.319 e. The molecule has 0 radical (unpaired) electrons. The number of carbonyl (C=O) groups excluding carboxylic acids is 1. The predicted molar refractivity (Wildman–Crippen MR) is 91.9 cm³/mol. The van der Waals surface area contributed by atoms with Gasteiger partial charge in [0, 0.05) is 5.69 Å². The molecule has 9 heteroatoms. The van der Waals surface area contributed by atoms with E-state index in [1.54, 1.807) is 37.3 Å². The van der Waals surface area contributed by atoms with Gasteiger partial charge in [0.1, 0.15) is 5.76 Å². The first-order valence-electron chi connectivity index (χ1n) is 7.18. The maximum Gasteiger partial charge on any atom is 0.319 e. The number of carbonyl (C=O) groups is 1. The fourth-order valence-electron chi connectivity index (χ4n) is 1.99. The summed E-state index contributed by atoms with van der Waals surface area (Å²) in [4.78, 5) is 16.0. The number of furan rings is 1. The minimum Gasteiger partial charge on any atom is -0.467 e. The molecule has 3 aromatic rings. The Morgan fingerprint density at radius 1 is 1.33 bits per heavy atom. The molecule has 2 heterocycles. The molecule has 0 saturated carbocycles. The molecule has 0 aliphatic heterocycles. The highest BCUT2D eigenvalue weighted by Gasteiger charge is 2.17. The molecule has 2 amide bonds. The summed E-state index contributed by atoms with van der Waals surface area (Å²) in [7, 11) is -3.33. The van der Waals surface area contributed by atoms with Gasteiger partial charge in [0.15, 0.2) is 0 Å². The van der Waals surface area contributed by atoms with Crippen molar-refractivity contribution in [3.8, 4) is 0 Å². The van der Waals surface area contributed by atoms with E-state index in [9.17, 15) is 13.2 Å². The van der Waals surface area contributed by atoms with Gasteiger partial charge in [0.25, 0.3) is 0 Å². The summed E-state index contributed by atoms with van der Waals surface area (Å²) in [5.41, 5.74) is 1.15. The first-order chi connectivity index (χ1) is 11.5. The number of rotatable bonds is 5. The van der Waals surface area contributed by atoms with Gasteiger partial charge in [0.05, 0.1) is 28.8 Å². The minimum absolute atomic E-state index is 0.00706. The van der Waals surface area contributed by atoms with Gasteiger partial charge in [-0.25, -0.2) is 18.2 Å². The Kier molecular flexibility index (Phi) is 4.54. The van der Waals surface area contributed by atoms with Crippen LogP contribution in [0.1, 0.15) is 12.7 Å². The number of amides is 2. The van der Waals surface area contributed by atoms with Crippen molar-refractivity contribution in [2.75, 3.05) is 11.1 Å². The SMILES string of the molecule is CCS(=O)(=O)c1nc2ccc(NC(=O)NCc3ccco3)cc2s1. The molecule has 0 fully saturated rings. The van der Waals surface area contributed by atoms with Crippen molar-refractivity contribution < 1.29 is 17.6 Å². The van der Waals surface area contributed by atoms with Crippen molar-refractivity contribution in [2.24, 2.45) is 0 Å². The molecule has 0 bridgehead atoms. The number of hydrogen-bond donors (Lipinski definition) is 2. The van der Waals surface area contributed by atoms with Crippen LogP contribution in [0.25, 0.3) is 10.2 Å². The van der Waals surface area contributed by atoms with Crippen molar-refractivity contribution in [2.45, 2.75) is 17.8 Å². The van der Waals surface area contributed by atoms with E-state index in [-0.39, 0.29) is 22.7 Å². The van der Waals surface area contributed by atoms with Crippen LogP contribution in [-0.4, -0.2) is 25.2 Å². The molecule has 0 aliphatic carbocycles. The summed E-state index contributed by atoms with van der Waals surface area (Å²) in [6, 6.07) is 8.19. The highest BCUT2D eigenvalue weighted by molar-refractivity contribution is 7.93. The fraction of sp³-hybridized carbons (Fsp3) is 0.200. The number of aromatic nitrogens is 1. The summed E-state index contributed by atoms with van der Waals surface area (Å²) < 4.78 is 29.7. The normalized spacial score (nSPS) is 11.5. The van der Waals surface area contributed by atoms with Crippen LogP contribution in [0.3, 0.4) is 0 Å². The number of hydrogen-bond acceptors (Lipinski definition) is 6. The second-order valence-corrected chi connectivity index (χ2v) is 8.44. The number of nitrogens with one attached hydrogen (secondary N) is 2. The fourth-order valence-corrected chi connectivity index (χ4v) is 4.34. The van der Waals surface area contributed by atoms with E-state index in [0.717, 1.165) is 11.3 Å². The van der Waals surface area contributed by atoms with Gasteiger partial charge < -0.3 is 15.1 Å². The molecule has 2 aromatic heterocycles. The highest BCUT2D eigenvalue weighted by atomic mass is 32.2. The number of fused-ring (bicyclic) bond motifs is 1. The van der Waals surface area contributed by atoms with E-state index < -0.39 is 9.84 Å². The Labute approximate surface area is 142 Å². The van der Waals surface area contributed by atoms with Crippen LogP contribution in [0.5, 0.6) is 0 Å². The zero-order valence-corrected chi connectivity index (χ0v) is 14.4. The zero-order chi connectivity index (χ0) is 17.2. The molecular formula is C15H15N3O4S2. The molecule has 0 saturated heterocycles. The second kappa shape index (κ2) is 6.62. The Morgan fingerprint density at radius 3 is 2.88 bits per heavy atom. The molecule has 0 atom stereocenters. The van der Waals surface area contributed by atoms with Gasteiger partial charge in [-0.05, 0) is 30.3 Å². The van der Waals surface area contributed by atoms with Crippen molar-refractivity contribution in [1.82, 2.24) is 10.3 Å². The molecule has 1 aromatic carbocycles. The Morgan fingerprint density at radius 2 is 2.17 bits per heavy atom. The Hall–Kier alpha value is -2.39. The zero-order valence-electron chi connectivity index (χ0n) is 12.8. The third kappa shape index (κ3) is 3.57. The number of nitrogens with zero attached hydrogens (tertiary/aromatic N) is 1. The first-order valence-corrected chi connectivity index (χ1v) is 9.65. The van der Waals surface area contributed by atoms with E-state index in [4.69, 9.17) is 4.42 Å². The Balaban J connectivity index is 1.72. The van der Waals surface area contributed by atoms with Crippen LogP contribution in [0.2, 0.25) is 0 Å². The van der Waals surface area contributed by atoms with Crippen LogP contribution in [0.4, 0.5) is 10.5 Å². The van der Waals surface area contributed by atoms with Crippen molar-refractivity contribution in [3.63, 3.8) is 0 Å². The van der Waals surface area contributed by atoms with Gasteiger partial charge in [-0.15, -0.1) is 11.3 Å². The quantitative estimate of drug-likeness (QED) is 0.724. The molecular weight excluding hydrogens is 350 g/mol. The van der Waals surface area contributed by atoms with Gasteiger partial charge in [-0.1, -0.05) is 6.92 Å². The Bertz CT molecular complexity index is 962. The number of benzene rings is 1. The maximum atomic E-state index is 11.9. The molecule has 126 valence electrons.